The van der Waals surface area contributed by atoms with Crippen molar-refractivity contribution in [2.24, 2.45) is 5.14 Å². The fourth-order valence-corrected chi connectivity index (χ4v) is 1.54. The molecule has 0 radical (unpaired) electrons. The zero-order chi connectivity index (χ0) is 10.8. The van der Waals surface area contributed by atoms with Crippen LogP contribution in [0.4, 0.5) is 0 Å². The average molecular weight is 256 g/mol. The largest absolute Gasteiger partial charge is 0.333 e. The molecule has 0 aliphatic heterocycles. The summed E-state index contributed by atoms with van der Waals surface area (Å²) in [5.41, 5.74) is 0.505. The summed E-state index contributed by atoms with van der Waals surface area (Å²) in [5.74, 6) is 0. The number of benzene rings is 1. The van der Waals surface area contributed by atoms with Crippen molar-refractivity contribution in [2.75, 3.05) is 0 Å². The van der Waals surface area contributed by atoms with Crippen molar-refractivity contribution in [1.82, 2.24) is 0 Å². The lowest BCUT2D eigenvalue weighted by molar-refractivity contribution is 0.308. The van der Waals surface area contributed by atoms with Gasteiger partial charge in [0.2, 0.25) is 0 Å². The molecular formula is C7H7Cl2NO3S. The lowest BCUT2D eigenvalue weighted by Gasteiger charge is -2.03. The minimum absolute atomic E-state index is 0.200. The normalized spacial score (nSPS) is 11.6. The van der Waals surface area contributed by atoms with Crippen molar-refractivity contribution in [2.45, 2.75) is 6.61 Å². The van der Waals surface area contributed by atoms with Gasteiger partial charge < -0.3 is 0 Å². The van der Waals surface area contributed by atoms with E-state index in [0.29, 0.717) is 15.6 Å². The van der Waals surface area contributed by atoms with Crippen LogP contribution in [0.5, 0.6) is 0 Å². The van der Waals surface area contributed by atoms with Crippen LogP contribution in [-0.4, -0.2) is 8.42 Å². The highest BCUT2D eigenvalue weighted by Crippen LogP contribution is 2.21. The highest BCUT2D eigenvalue weighted by atomic mass is 35.5. The first kappa shape index (κ1) is 11.7. The van der Waals surface area contributed by atoms with Crippen LogP contribution in [0.3, 0.4) is 0 Å². The first-order chi connectivity index (χ1) is 6.38. The quantitative estimate of drug-likeness (QED) is 0.894. The summed E-state index contributed by atoms with van der Waals surface area (Å²) in [6, 6.07) is 4.63. The molecule has 0 bridgehead atoms. The molecule has 1 aromatic rings. The van der Waals surface area contributed by atoms with Crippen molar-refractivity contribution >= 4 is 33.5 Å². The van der Waals surface area contributed by atoms with Gasteiger partial charge in [0, 0.05) is 10.0 Å². The molecule has 0 saturated carbocycles. The Balaban J connectivity index is 2.78. The van der Waals surface area contributed by atoms with Gasteiger partial charge in [-0.1, -0.05) is 29.3 Å². The van der Waals surface area contributed by atoms with Crippen LogP contribution in [0.15, 0.2) is 18.2 Å². The first-order valence-corrected chi connectivity index (χ1v) is 5.72. The Labute approximate surface area is 91.8 Å². The van der Waals surface area contributed by atoms with E-state index in [1.165, 1.54) is 6.07 Å². The Morgan fingerprint density at radius 1 is 1.36 bits per heavy atom. The van der Waals surface area contributed by atoms with E-state index in [0.717, 1.165) is 0 Å². The van der Waals surface area contributed by atoms with Gasteiger partial charge in [0.1, 0.15) is 0 Å². The molecule has 0 aliphatic rings. The maximum absolute atomic E-state index is 10.5. The lowest BCUT2D eigenvalue weighted by Crippen LogP contribution is -2.15. The van der Waals surface area contributed by atoms with Crippen LogP contribution in [0, 0.1) is 0 Å². The summed E-state index contributed by atoms with van der Waals surface area (Å²) in [5, 5.41) is 5.45. The standard InChI is InChI=1S/C7H7Cl2NO3S/c8-6-2-1-5(7(9)3-6)4-13-14(10,11)12/h1-3H,4H2,(H2,10,11,12). The van der Waals surface area contributed by atoms with Gasteiger partial charge in [-0.3, -0.25) is 4.18 Å². The Bertz CT molecular complexity index is 433. The third-order valence-electron chi connectivity index (χ3n) is 1.39. The van der Waals surface area contributed by atoms with E-state index in [4.69, 9.17) is 23.2 Å². The second kappa shape index (κ2) is 4.46. The van der Waals surface area contributed by atoms with E-state index in [1.807, 2.05) is 0 Å². The summed E-state index contributed by atoms with van der Waals surface area (Å²) in [7, 11) is -3.94. The van der Waals surface area contributed by atoms with Crippen LogP contribution in [-0.2, 0) is 21.1 Å². The predicted molar refractivity (Wildman–Crippen MR) is 54.4 cm³/mol. The van der Waals surface area contributed by atoms with Crippen LogP contribution in [0.25, 0.3) is 0 Å². The molecule has 0 unspecified atom stereocenters. The van der Waals surface area contributed by atoms with E-state index in [9.17, 15) is 8.42 Å². The van der Waals surface area contributed by atoms with Gasteiger partial charge >= 0.3 is 10.3 Å². The Kier molecular flexibility index (Phi) is 3.74. The van der Waals surface area contributed by atoms with Crippen LogP contribution >= 0.6 is 23.2 Å². The van der Waals surface area contributed by atoms with Crippen molar-refractivity contribution in [1.29, 1.82) is 0 Å². The van der Waals surface area contributed by atoms with E-state index >= 15 is 0 Å². The Morgan fingerprint density at radius 3 is 2.50 bits per heavy atom. The Hall–Kier alpha value is -0.330. The molecular weight excluding hydrogens is 249 g/mol. The topological polar surface area (TPSA) is 69.4 Å². The number of hydrogen-bond donors (Lipinski definition) is 1. The lowest BCUT2D eigenvalue weighted by atomic mass is 10.2. The van der Waals surface area contributed by atoms with Gasteiger partial charge in [-0.05, 0) is 17.7 Å². The zero-order valence-corrected chi connectivity index (χ0v) is 9.23. The van der Waals surface area contributed by atoms with Gasteiger partial charge in [0.25, 0.3) is 0 Å². The Morgan fingerprint density at radius 2 is 2.00 bits per heavy atom. The second-order valence-electron chi connectivity index (χ2n) is 2.49. The third kappa shape index (κ3) is 3.81. The summed E-state index contributed by atoms with van der Waals surface area (Å²) < 4.78 is 25.3. The number of nitrogens with two attached hydrogens (primary N) is 1. The van der Waals surface area contributed by atoms with Gasteiger partial charge in [-0.2, -0.15) is 8.42 Å². The molecule has 0 atom stereocenters. The van der Waals surface area contributed by atoms with Crippen LogP contribution in [0.1, 0.15) is 5.56 Å². The minimum Gasteiger partial charge on any atom is -0.253 e. The van der Waals surface area contributed by atoms with Gasteiger partial charge in [0.05, 0.1) is 6.61 Å². The molecule has 1 aromatic carbocycles. The molecule has 1 rings (SSSR count). The minimum atomic E-state index is -3.94. The summed E-state index contributed by atoms with van der Waals surface area (Å²) in [6.07, 6.45) is 0. The van der Waals surface area contributed by atoms with Gasteiger partial charge in [-0.15, -0.1) is 0 Å². The molecule has 14 heavy (non-hydrogen) atoms. The van der Waals surface area contributed by atoms with E-state index in [1.54, 1.807) is 12.1 Å². The first-order valence-electron chi connectivity index (χ1n) is 3.49. The summed E-state index contributed by atoms with van der Waals surface area (Å²) in [4.78, 5) is 0. The van der Waals surface area contributed by atoms with Crippen LogP contribution < -0.4 is 5.14 Å². The van der Waals surface area contributed by atoms with Crippen molar-refractivity contribution in [3.8, 4) is 0 Å². The van der Waals surface area contributed by atoms with Crippen molar-refractivity contribution in [3.63, 3.8) is 0 Å². The molecule has 0 amide bonds. The smallest absolute Gasteiger partial charge is 0.253 e. The fraction of sp³-hybridized carbons (Fsp3) is 0.143. The molecule has 0 heterocycles. The number of hydrogen-bond acceptors (Lipinski definition) is 3. The molecule has 7 heteroatoms. The van der Waals surface area contributed by atoms with Crippen LogP contribution in [0.2, 0.25) is 10.0 Å². The van der Waals surface area contributed by atoms with E-state index < -0.39 is 10.3 Å². The van der Waals surface area contributed by atoms with Gasteiger partial charge in [-0.25, -0.2) is 5.14 Å². The molecule has 2 N–H and O–H groups in total. The monoisotopic (exact) mass is 255 g/mol. The van der Waals surface area contributed by atoms with Gasteiger partial charge in [0.15, 0.2) is 0 Å². The molecule has 0 saturated heterocycles. The maximum Gasteiger partial charge on any atom is 0.333 e. The third-order valence-corrected chi connectivity index (χ3v) is 2.43. The molecule has 0 fully saturated rings. The summed E-state index contributed by atoms with van der Waals surface area (Å²) >= 11 is 11.4. The average Bonchev–Trinajstić information content (AvgIpc) is 2.00. The highest BCUT2D eigenvalue weighted by molar-refractivity contribution is 7.84. The van der Waals surface area contributed by atoms with E-state index in [-0.39, 0.29) is 6.61 Å². The molecule has 0 spiro atoms. The molecule has 78 valence electrons. The zero-order valence-electron chi connectivity index (χ0n) is 6.91. The SMILES string of the molecule is NS(=O)(=O)OCc1ccc(Cl)cc1Cl. The molecule has 0 aliphatic carbocycles. The summed E-state index contributed by atoms with van der Waals surface area (Å²) in [6.45, 7) is -0.200. The highest BCUT2D eigenvalue weighted by Gasteiger charge is 2.06. The fourth-order valence-electron chi connectivity index (χ4n) is 0.784. The molecule has 4 nitrogen and oxygen atoms in total. The second-order valence-corrected chi connectivity index (χ2v) is 4.56. The number of rotatable bonds is 3. The molecule has 0 aromatic heterocycles. The van der Waals surface area contributed by atoms with E-state index in [2.05, 4.69) is 9.32 Å². The maximum atomic E-state index is 10.5. The van der Waals surface area contributed by atoms with Crippen molar-refractivity contribution < 1.29 is 12.6 Å². The predicted octanol–water partition coefficient (Wildman–Crippen LogP) is 1.71. The number of halogens is 2. The van der Waals surface area contributed by atoms with Crippen molar-refractivity contribution in [3.05, 3.63) is 33.8 Å².